The number of nitrogens with one attached hydrogen (secondary N) is 2. The molecule has 1 saturated carbocycles. The van der Waals surface area contributed by atoms with Crippen molar-refractivity contribution in [3.05, 3.63) is 0 Å². The highest BCUT2D eigenvalue weighted by molar-refractivity contribution is 5.86. The maximum atomic E-state index is 12.4. The smallest absolute Gasteiger partial charge is 0.241 e. The fraction of sp³-hybridized carbons (Fsp3) is 0.900. The first-order valence-electron chi connectivity index (χ1n) is 10.8. The Morgan fingerprint density at radius 1 is 0.963 bits per heavy atom. The van der Waals surface area contributed by atoms with Crippen LogP contribution in [0.25, 0.3) is 0 Å². The second-order valence-electron chi connectivity index (χ2n) is 8.11. The van der Waals surface area contributed by atoms with Crippen LogP contribution in [0.1, 0.15) is 51.4 Å². The zero-order valence-electron chi connectivity index (χ0n) is 17.0. The minimum absolute atomic E-state index is 0.179. The molecule has 0 aromatic rings. The number of ether oxygens (including phenoxy) is 1. The highest BCUT2D eigenvalue weighted by Gasteiger charge is 2.38. The van der Waals surface area contributed by atoms with Crippen LogP contribution in [0.2, 0.25) is 0 Å². The number of carbonyl (C=O) groups excluding carboxylic acids is 1. The summed E-state index contributed by atoms with van der Waals surface area (Å²) in [5, 5.41) is 6.75. The molecule has 0 spiro atoms. The Kier molecular flexibility index (Phi) is 7.76. The van der Waals surface area contributed by atoms with Gasteiger partial charge in [-0.05, 0) is 32.1 Å². The Labute approximate surface area is 163 Å². The monoisotopic (exact) mass is 379 g/mol. The van der Waals surface area contributed by atoms with Crippen molar-refractivity contribution in [2.75, 3.05) is 59.5 Å². The lowest BCUT2D eigenvalue weighted by Gasteiger charge is -2.48. The standard InChI is InChI=1S/C20H37N5O2/c1-21-19(22-16-18(26)24-10-6-3-7-11-24)23-17-20(8-4-2-5-9-20)25-12-14-27-15-13-25/h2-17H2,1H3,(H2,21,22,23). The maximum Gasteiger partial charge on any atom is 0.241 e. The largest absolute Gasteiger partial charge is 0.379 e. The minimum atomic E-state index is 0.179. The average Bonchev–Trinajstić information content (AvgIpc) is 2.75. The van der Waals surface area contributed by atoms with Gasteiger partial charge in [0.15, 0.2) is 5.96 Å². The molecule has 7 nitrogen and oxygen atoms in total. The number of hydrogen-bond donors (Lipinski definition) is 2. The van der Waals surface area contributed by atoms with Gasteiger partial charge in [0.1, 0.15) is 0 Å². The van der Waals surface area contributed by atoms with E-state index >= 15 is 0 Å². The molecule has 1 aliphatic carbocycles. The van der Waals surface area contributed by atoms with Crippen molar-refractivity contribution in [1.82, 2.24) is 20.4 Å². The second-order valence-corrected chi connectivity index (χ2v) is 8.11. The van der Waals surface area contributed by atoms with Gasteiger partial charge in [-0.1, -0.05) is 19.3 Å². The van der Waals surface area contributed by atoms with E-state index in [4.69, 9.17) is 4.74 Å². The van der Waals surface area contributed by atoms with Crippen LogP contribution in [0.15, 0.2) is 4.99 Å². The topological polar surface area (TPSA) is 69.2 Å². The number of rotatable bonds is 5. The molecule has 3 fully saturated rings. The van der Waals surface area contributed by atoms with Gasteiger partial charge in [-0.25, -0.2) is 0 Å². The van der Waals surface area contributed by atoms with Crippen LogP contribution in [-0.2, 0) is 9.53 Å². The van der Waals surface area contributed by atoms with Crippen LogP contribution in [-0.4, -0.2) is 86.7 Å². The molecule has 3 aliphatic rings. The van der Waals surface area contributed by atoms with Gasteiger partial charge in [0.25, 0.3) is 0 Å². The average molecular weight is 380 g/mol. The molecular formula is C20H37N5O2. The van der Waals surface area contributed by atoms with E-state index in [0.29, 0.717) is 6.54 Å². The number of hydrogen-bond acceptors (Lipinski definition) is 4. The van der Waals surface area contributed by atoms with Gasteiger partial charge in [-0.2, -0.15) is 0 Å². The molecule has 2 saturated heterocycles. The van der Waals surface area contributed by atoms with Crippen LogP contribution >= 0.6 is 0 Å². The molecule has 0 aromatic heterocycles. The maximum absolute atomic E-state index is 12.4. The zero-order valence-corrected chi connectivity index (χ0v) is 17.0. The molecule has 27 heavy (non-hydrogen) atoms. The number of morpholine rings is 1. The third kappa shape index (κ3) is 5.57. The van der Waals surface area contributed by atoms with E-state index < -0.39 is 0 Å². The van der Waals surface area contributed by atoms with Crippen LogP contribution in [0, 0.1) is 0 Å². The molecule has 0 unspecified atom stereocenters. The van der Waals surface area contributed by atoms with Crippen LogP contribution in [0.5, 0.6) is 0 Å². The molecule has 7 heteroatoms. The van der Waals surface area contributed by atoms with E-state index in [1.54, 1.807) is 7.05 Å². The molecular weight excluding hydrogens is 342 g/mol. The molecule has 0 bridgehead atoms. The van der Waals surface area contributed by atoms with Crippen molar-refractivity contribution in [2.24, 2.45) is 4.99 Å². The molecule has 2 aliphatic heterocycles. The predicted octanol–water partition coefficient (Wildman–Crippen LogP) is 1.20. The van der Waals surface area contributed by atoms with Crippen molar-refractivity contribution in [1.29, 1.82) is 0 Å². The van der Waals surface area contributed by atoms with Gasteiger partial charge in [0.2, 0.25) is 5.91 Å². The Balaban J connectivity index is 1.50. The van der Waals surface area contributed by atoms with Gasteiger partial charge in [0.05, 0.1) is 19.8 Å². The molecule has 2 N–H and O–H groups in total. The minimum Gasteiger partial charge on any atom is -0.379 e. The third-order valence-corrected chi connectivity index (χ3v) is 6.39. The van der Waals surface area contributed by atoms with E-state index in [-0.39, 0.29) is 11.4 Å². The SMILES string of the molecule is CN=C(NCC(=O)N1CCCCC1)NCC1(N2CCOCC2)CCCCC1. The van der Waals surface area contributed by atoms with Crippen LogP contribution in [0.4, 0.5) is 0 Å². The van der Waals surface area contributed by atoms with Gasteiger partial charge < -0.3 is 20.3 Å². The number of carbonyl (C=O) groups is 1. The highest BCUT2D eigenvalue weighted by atomic mass is 16.5. The summed E-state index contributed by atoms with van der Waals surface area (Å²) in [5.41, 5.74) is 0.191. The molecule has 2 heterocycles. The van der Waals surface area contributed by atoms with Crippen LogP contribution < -0.4 is 10.6 Å². The lowest BCUT2D eigenvalue weighted by Crippen LogP contribution is -2.60. The Bertz CT molecular complexity index is 493. The second kappa shape index (κ2) is 10.3. The number of guanidine groups is 1. The number of amides is 1. The lowest BCUT2D eigenvalue weighted by molar-refractivity contribution is -0.130. The molecule has 154 valence electrons. The van der Waals surface area contributed by atoms with Crippen LogP contribution in [0.3, 0.4) is 0 Å². The van der Waals surface area contributed by atoms with E-state index in [2.05, 4.69) is 20.5 Å². The van der Waals surface area contributed by atoms with Crippen molar-refractivity contribution < 1.29 is 9.53 Å². The van der Waals surface area contributed by atoms with Crippen molar-refractivity contribution >= 4 is 11.9 Å². The van der Waals surface area contributed by atoms with Gasteiger partial charge in [-0.3, -0.25) is 14.7 Å². The van der Waals surface area contributed by atoms with Gasteiger partial charge in [0, 0.05) is 45.3 Å². The fourth-order valence-corrected chi connectivity index (χ4v) is 4.74. The molecule has 1 amide bonds. The zero-order chi connectivity index (χ0) is 19.0. The predicted molar refractivity (Wildman–Crippen MR) is 108 cm³/mol. The lowest BCUT2D eigenvalue weighted by atomic mass is 9.80. The van der Waals surface area contributed by atoms with Crippen molar-refractivity contribution in [3.8, 4) is 0 Å². The number of likely N-dealkylation sites (tertiary alicyclic amines) is 1. The molecule has 0 aromatic carbocycles. The Morgan fingerprint density at radius 3 is 2.30 bits per heavy atom. The fourth-order valence-electron chi connectivity index (χ4n) is 4.74. The van der Waals surface area contributed by atoms with E-state index in [1.807, 2.05) is 4.90 Å². The first-order valence-corrected chi connectivity index (χ1v) is 10.8. The summed E-state index contributed by atoms with van der Waals surface area (Å²) >= 11 is 0. The summed E-state index contributed by atoms with van der Waals surface area (Å²) in [4.78, 5) is 21.3. The Morgan fingerprint density at radius 2 is 1.63 bits per heavy atom. The van der Waals surface area contributed by atoms with Gasteiger partial charge in [-0.15, -0.1) is 0 Å². The first kappa shape index (κ1) is 20.4. The van der Waals surface area contributed by atoms with Gasteiger partial charge >= 0.3 is 0 Å². The molecule has 0 atom stereocenters. The summed E-state index contributed by atoms with van der Waals surface area (Å²) < 4.78 is 5.56. The molecule has 0 radical (unpaired) electrons. The quantitative estimate of drug-likeness (QED) is 0.555. The Hall–Kier alpha value is -1.34. The van der Waals surface area contributed by atoms with Crippen molar-refractivity contribution in [2.45, 2.75) is 56.9 Å². The summed E-state index contributed by atoms with van der Waals surface area (Å²) in [5.74, 6) is 0.914. The summed E-state index contributed by atoms with van der Waals surface area (Å²) in [7, 11) is 1.78. The normalized spacial score (nSPS) is 24.5. The van der Waals surface area contributed by atoms with E-state index in [0.717, 1.165) is 64.7 Å². The third-order valence-electron chi connectivity index (χ3n) is 6.39. The first-order chi connectivity index (χ1) is 13.2. The van der Waals surface area contributed by atoms with Crippen molar-refractivity contribution in [3.63, 3.8) is 0 Å². The highest BCUT2D eigenvalue weighted by Crippen LogP contribution is 2.33. The number of aliphatic imine (C=N–C) groups is 1. The molecule has 3 rings (SSSR count). The van der Waals surface area contributed by atoms with E-state index in [9.17, 15) is 4.79 Å². The summed E-state index contributed by atoms with van der Waals surface area (Å²) in [6, 6.07) is 0. The summed E-state index contributed by atoms with van der Waals surface area (Å²) in [6.45, 7) is 6.69. The van der Waals surface area contributed by atoms with E-state index in [1.165, 1.54) is 38.5 Å². The number of piperidine rings is 1. The number of nitrogens with zero attached hydrogens (tertiary/aromatic N) is 3. The summed E-state index contributed by atoms with van der Waals surface area (Å²) in [6.07, 6.45) is 9.86.